The van der Waals surface area contributed by atoms with E-state index < -0.39 is 0 Å². The molecule has 3 rings (SSSR count). The molecule has 0 radical (unpaired) electrons. The van der Waals surface area contributed by atoms with Crippen LogP contribution >= 0.6 is 0 Å². The molecule has 22 heavy (non-hydrogen) atoms. The second kappa shape index (κ2) is 6.72. The molecule has 2 aromatic carbocycles. The van der Waals surface area contributed by atoms with Crippen LogP contribution in [0.25, 0.3) is 6.08 Å². The van der Waals surface area contributed by atoms with E-state index in [1.165, 1.54) is 5.56 Å². The Morgan fingerprint density at radius 1 is 1.00 bits per heavy atom. The van der Waals surface area contributed by atoms with Crippen LogP contribution in [0.15, 0.2) is 66.7 Å². The number of hydrogen-bond acceptors (Lipinski definition) is 3. The number of hydrogen-bond donors (Lipinski definition) is 1. The molecule has 0 aliphatic carbocycles. The minimum Gasteiger partial charge on any atom is -0.324 e. The van der Waals surface area contributed by atoms with Crippen LogP contribution in [0, 0.1) is 0 Å². The van der Waals surface area contributed by atoms with Gasteiger partial charge in [-0.05, 0) is 30.2 Å². The molecule has 1 N–H and O–H groups in total. The minimum absolute atomic E-state index is 0.705. The number of nitrogens with one attached hydrogen (secondary N) is 1. The van der Waals surface area contributed by atoms with E-state index in [-0.39, 0.29) is 0 Å². The van der Waals surface area contributed by atoms with Gasteiger partial charge in [-0.1, -0.05) is 54.6 Å². The van der Waals surface area contributed by atoms with E-state index in [1.807, 2.05) is 61.7 Å². The standard InChI is InChI=1S/C18H18N4/c1-22-18(19-16-12-6-3-7-13-16)20-17(21-22)14-8-11-15-9-4-2-5-10-15/h2-10,12-14H,11H2,1H3,(H,19,20,21). The maximum Gasteiger partial charge on any atom is 0.225 e. The second-order valence-electron chi connectivity index (χ2n) is 5.00. The van der Waals surface area contributed by atoms with Gasteiger partial charge in [-0.3, -0.25) is 0 Å². The van der Waals surface area contributed by atoms with Gasteiger partial charge in [0.15, 0.2) is 5.82 Å². The van der Waals surface area contributed by atoms with Gasteiger partial charge < -0.3 is 5.32 Å². The average Bonchev–Trinajstić information content (AvgIpc) is 2.89. The quantitative estimate of drug-likeness (QED) is 0.777. The van der Waals surface area contributed by atoms with Crippen LogP contribution in [0.2, 0.25) is 0 Å². The van der Waals surface area contributed by atoms with Gasteiger partial charge in [-0.2, -0.15) is 10.1 Å². The van der Waals surface area contributed by atoms with Crippen LogP contribution in [0.1, 0.15) is 11.4 Å². The van der Waals surface area contributed by atoms with Crippen molar-refractivity contribution in [2.45, 2.75) is 6.42 Å². The molecule has 1 aromatic heterocycles. The maximum atomic E-state index is 4.49. The maximum absolute atomic E-state index is 4.49. The molecule has 4 nitrogen and oxygen atoms in total. The summed E-state index contributed by atoms with van der Waals surface area (Å²) in [5.74, 6) is 1.43. The van der Waals surface area contributed by atoms with Gasteiger partial charge in [0.1, 0.15) is 0 Å². The van der Waals surface area contributed by atoms with Crippen molar-refractivity contribution >= 4 is 17.7 Å². The third-order valence-corrected chi connectivity index (χ3v) is 3.27. The molecule has 4 heteroatoms. The average molecular weight is 290 g/mol. The molecule has 0 aliphatic heterocycles. The predicted molar refractivity (Wildman–Crippen MR) is 89.9 cm³/mol. The van der Waals surface area contributed by atoms with E-state index in [1.54, 1.807) is 4.68 Å². The zero-order valence-electron chi connectivity index (χ0n) is 12.5. The van der Waals surface area contributed by atoms with E-state index in [2.05, 4.69) is 33.6 Å². The molecule has 0 fully saturated rings. The largest absolute Gasteiger partial charge is 0.324 e. The summed E-state index contributed by atoms with van der Waals surface area (Å²) in [6, 6.07) is 20.3. The summed E-state index contributed by atoms with van der Waals surface area (Å²) in [4.78, 5) is 4.49. The summed E-state index contributed by atoms with van der Waals surface area (Å²) in [6.07, 6.45) is 4.90. The summed E-state index contributed by atoms with van der Waals surface area (Å²) in [6.45, 7) is 0. The number of para-hydroxylation sites is 1. The van der Waals surface area contributed by atoms with Crippen molar-refractivity contribution in [1.82, 2.24) is 14.8 Å². The molecule has 0 atom stereocenters. The number of anilines is 2. The van der Waals surface area contributed by atoms with Gasteiger partial charge in [-0.15, -0.1) is 0 Å². The highest BCUT2D eigenvalue weighted by atomic mass is 15.4. The van der Waals surface area contributed by atoms with Crippen molar-refractivity contribution < 1.29 is 0 Å². The summed E-state index contributed by atoms with van der Waals surface area (Å²) in [5, 5.41) is 7.65. The summed E-state index contributed by atoms with van der Waals surface area (Å²) in [5.41, 5.74) is 2.27. The zero-order valence-corrected chi connectivity index (χ0v) is 12.5. The van der Waals surface area contributed by atoms with Crippen molar-refractivity contribution in [3.63, 3.8) is 0 Å². The second-order valence-corrected chi connectivity index (χ2v) is 5.00. The van der Waals surface area contributed by atoms with Gasteiger partial charge in [-0.25, -0.2) is 4.68 Å². The van der Waals surface area contributed by atoms with Crippen molar-refractivity contribution in [2.75, 3.05) is 5.32 Å². The van der Waals surface area contributed by atoms with Crippen molar-refractivity contribution in [2.24, 2.45) is 7.05 Å². The van der Waals surface area contributed by atoms with Gasteiger partial charge in [0.05, 0.1) is 0 Å². The Morgan fingerprint density at radius 2 is 1.68 bits per heavy atom. The first-order valence-electron chi connectivity index (χ1n) is 7.25. The topological polar surface area (TPSA) is 42.7 Å². The highest BCUT2D eigenvalue weighted by Crippen LogP contribution is 2.14. The van der Waals surface area contributed by atoms with Crippen molar-refractivity contribution in [1.29, 1.82) is 0 Å². The lowest BCUT2D eigenvalue weighted by atomic mass is 10.1. The Morgan fingerprint density at radius 3 is 2.41 bits per heavy atom. The van der Waals surface area contributed by atoms with Crippen LogP contribution in [-0.4, -0.2) is 14.8 Å². The highest BCUT2D eigenvalue weighted by Gasteiger charge is 2.04. The van der Waals surface area contributed by atoms with Crippen molar-refractivity contribution in [3.8, 4) is 0 Å². The first-order valence-corrected chi connectivity index (χ1v) is 7.25. The van der Waals surface area contributed by atoms with E-state index >= 15 is 0 Å². The zero-order chi connectivity index (χ0) is 15.2. The highest BCUT2D eigenvalue weighted by molar-refractivity contribution is 5.54. The molecular formula is C18H18N4. The molecule has 1 heterocycles. The molecular weight excluding hydrogens is 272 g/mol. The van der Waals surface area contributed by atoms with E-state index in [4.69, 9.17) is 0 Å². The lowest BCUT2D eigenvalue weighted by molar-refractivity contribution is 0.772. The van der Waals surface area contributed by atoms with E-state index in [9.17, 15) is 0 Å². The Bertz CT molecular complexity index is 745. The van der Waals surface area contributed by atoms with E-state index in [0.29, 0.717) is 5.82 Å². The summed E-state index contributed by atoms with van der Waals surface area (Å²) in [7, 11) is 1.88. The van der Waals surface area contributed by atoms with Crippen LogP contribution < -0.4 is 5.32 Å². The summed E-state index contributed by atoms with van der Waals surface area (Å²) >= 11 is 0. The van der Waals surface area contributed by atoms with E-state index in [0.717, 1.165) is 18.1 Å². The molecule has 0 bridgehead atoms. The number of rotatable bonds is 5. The third-order valence-electron chi connectivity index (χ3n) is 3.27. The molecule has 0 aliphatic rings. The number of aryl methyl sites for hydroxylation is 1. The fraction of sp³-hybridized carbons (Fsp3) is 0.111. The Labute approximate surface area is 130 Å². The first kappa shape index (κ1) is 14.1. The number of benzene rings is 2. The lowest BCUT2D eigenvalue weighted by Crippen LogP contribution is -1.99. The van der Waals surface area contributed by atoms with Gasteiger partial charge >= 0.3 is 0 Å². The van der Waals surface area contributed by atoms with Crippen molar-refractivity contribution in [3.05, 3.63) is 78.1 Å². The fourth-order valence-corrected chi connectivity index (χ4v) is 2.15. The molecule has 0 spiro atoms. The molecule has 0 amide bonds. The Balaban J connectivity index is 1.67. The number of allylic oxidation sites excluding steroid dienone is 1. The lowest BCUT2D eigenvalue weighted by Gasteiger charge is -2.03. The monoisotopic (exact) mass is 290 g/mol. The summed E-state index contributed by atoms with van der Waals surface area (Å²) < 4.78 is 1.75. The van der Waals surface area contributed by atoms with Gasteiger partial charge in [0.25, 0.3) is 0 Å². The Hall–Kier alpha value is -2.88. The van der Waals surface area contributed by atoms with Crippen LogP contribution in [0.3, 0.4) is 0 Å². The van der Waals surface area contributed by atoms with Gasteiger partial charge in [0, 0.05) is 12.7 Å². The minimum atomic E-state index is 0.705. The molecule has 0 saturated heterocycles. The van der Waals surface area contributed by atoms with Crippen LogP contribution in [0.5, 0.6) is 0 Å². The SMILES string of the molecule is Cn1nc(C=CCc2ccccc2)nc1Nc1ccccc1. The first-order chi connectivity index (χ1) is 10.8. The third kappa shape index (κ3) is 3.61. The predicted octanol–water partition coefficient (Wildman–Crippen LogP) is 3.81. The molecule has 0 unspecified atom stereocenters. The number of nitrogens with zero attached hydrogens (tertiary/aromatic N) is 3. The molecule has 0 saturated carbocycles. The van der Waals surface area contributed by atoms with Gasteiger partial charge in [0.2, 0.25) is 5.95 Å². The number of aromatic nitrogens is 3. The fourth-order valence-electron chi connectivity index (χ4n) is 2.15. The molecule has 110 valence electrons. The normalized spacial score (nSPS) is 11.0. The Kier molecular flexibility index (Phi) is 4.30. The molecule has 3 aromatic rings. The smallest absolute Gasteiger partial charge is 0.225 e. The van der Waals surface area contributed by atoms with Crippen LogP contribution in [-0.2, 0) is 13.5 Å². The van der Waals surface area contributed by atoms with Crippen LogP contribution in [0.4, 0.5) is 11.6 Å².